The van der Waals surface area contributed by atoms with Crippen LogP contribution in [-0.2, 0) is 26.8 Å². The Kier molecular flexibility index (Phi) is 6.11. The topological polar surface area (TPSA) is 113 Å². The summed E-state index contributed by atoms with van der Waals surface area (Å²) >= 11 is 0. The fourth-order valence-corrected chi connectivity index (χ4v) is 5.67. The minimum absolute atomic E-state index is 0.00726. The molecule has 1 saturated heterocycles. The number of rotatable bonds is 8. The number of fused-ring (bicyclic) bond motifs is 1. The van der Waals surface area contributed by atoms with Crippen molar-refractivity contribution >= 4 is 33.4 Å². The third kappa shape index (κ3) is 3.81. The van der Waals surface area contributed by atoms with E-state index in [1.54, 1.807) is 63.4 Å². The maximum Gasteiger partial charge on any atom is 0.325 e. The highest BCUT2D eigenvalue weighted by Crippen LogP contribution is 2.34. The van der Waals surface area contributed by atoms with Gasteiger partial charge in [-0.05, 0) is 61.2 Å². The lowest BCUT2D eigenvalue weighted by molar-refractivity contribution is -0.131. The number of Topliss-reactive ketones (excluding diaryl/α,β-unsaturated/α-hetero) is 1. The second kappa shape index (κ2) is 8.75. The third-order valence-electron chi connectivity index (χ3n) is 6.55. The van der Waals surface area contributed by atoms with E-state index in [9.17, 15) is 22.8 Å². The highest BCUT2D eigenvalue weighted by Gasteiger charge is 2.51. The predicted molar refractivity (Wildman–Crippen MR) is 126 cm³/mol. The van der Waals surface area contributed by atoms with E-state index in [-0.39, 0.29) is 5.75 Å². The summed E-state index contributed by atoms with van der Waals surface area (Å²) in [4.78, 5) is 40.1. The molecular weight excluding hydrogens is 458 g/mol. The number of hydrogen-bond donors (Lipinski definition) is 1. The molecule has 9 nitrogen and oxygen atoms in total. The Balaban J connectivity index is 1.56. The predicted octanol–water partition coefficient (Wildman–Crippen LogP) is 2.45. The zero-order valence-electron chi connectivity index (χ0n) is 19.3. The lowest BCUT2D eigenvalue weighted by Gasteiger charge is -2.26. The van der Waals surface area contributed by atoms with E-state index in [0.29, 0.717) is 42.0 Å². The molecule has 1 atom stereocenters. The van der Waals surface area contributed by atoms with Crippen LogP contribution in [0.1, 0.15) is 41.8 Å². The van der Waals surface area contributed by atoms with Crippen molar-refractivity contribution in [2.75, 3.05) is 30.3 Å². The van der Waals surface area contributed by atoms with Crippen molar-refractivity contribution in [3.8, 4) is 5.75 Å². The van der Waals surface area contributed by atoms with Crippen LogP contribution in [0.5, 0.6) is 5.75 Å². The first-order valence-corrected chi connectivity index (χ1v) is 12.7. The Labute approximate surface area is 198 Å². The van der Waals surface area contributed by atoms with E-state index >= 15 is 0 Å². The number of ether oxygens (including phenoxy) is 1. The van der Waals surface area contributed by atoms with Crippen LogP contribution in [0.4, 0.5) is 10.5 Å². The molecular formula is C24H27N3O6S. The van der Waals surface area contributed by atoms with E-state index in [2.05, 4.69) is 5.32 Å². The van der Waals surface area contributed by atoms with E-state index in [1.165, 1.54) is 4.31 Å². The highest BCUT2D eigenvalue weighted by molar-refractivity contribution is 7.92. The number of benzene rings is 2. The van der Waals surface area contributed by atoms with Crippen molar-refractivity contribution in [3.05, 3.63) is 59.2 Å². The van der Waals surface area contributed by atoms with Crippen LogP contribution in [-0.4, -0.2) is 57.0 Å². The van der Waals surface area contributed by atoms with E-state index in [4.69, 9.17) is 4.74 Å². The number of carbonyl (C=O) groups excluding carboxylic acids is 3. The van der Waals surface area contributed by atoms with Gasteiger partial charge >= 0.3 is 6.03 Å². The third-order valence-corrected chi connectivity index (χ3v) is 8.33. The quantitative estimate of drug-likeness (QED) is 0.454. The zero-order chi connectivity index (χ0) is 24.7. The molecule has 0 unspecified atom stereocenters. The number of urea groups is 1. The van der Waals surface area contributed by atoms with E-state index < -0.39 is 39.8 Å². The van der Waals surface area contributed by atoms with Gasteiger partial charge in [0.1, 0.15) is 11.3 Å². The van der Waals surface area contributed by atoms with Crippen molar-refractivity contribution in [2.24, 2.45) is 0 Å². The van der Waals surface area contributed by atoms with Gasteiger partial charge in [0.25, 0.3) is 5.91 Å². The van der Waals surface area contributed by atoms with Crippen LogP contribution < -0.4 is 14.4 Å². The van der Waals surface area contributed by atoms with Gasteiger partial charge in [0.05, 0.1) is 25.1 Å². The fraction of sp³-hybridized carbons (Fsp3) is 0.375. The van der Waals surface area contributed by atoms with Crippen molar-refractivity contribution in [1.29, 1.82) is 0 Å². The van der Waals surface area contributed by atoms with Gasteiger partial charge in [0.15, 0.2) is 5.78 Å². The van der Waals surface area contributed by atoms with Gasteiger partial charge in [0.2, 0.25) is 10.0 Å². The number of amides is 3. The Morgan fingerprint density at radius 3 is 2.44 bits per heavy atom. The Hall–Kier alpha value is -3.40. The number of nitrogens with zero attached hydrogens (tertiary/aromatic N) is 2. The number of methoxy groups -OCH3 is 1. The van der Waals surface area contributed by atoms with Gasteiger partial charge in [-0.1, -0.05) is 19.1 Å². The SMILES string of the molecule is CC[C@]1(c2ccc(OC)cc2)NC(=O)N(CC(=O)c2ccc3c(c2)CCN3S(=O)(=O)CC)C1=O. The van der Waals surface area contributed by atoms with Gasteiger partial charge in [-0.25, -0.2) is 13.2 Å². The molecule has 2 aromatic rings. The van der Waals surface area contributed by atoms with Gasteiger partial charge in [-0.3, -0.25) is 18.8 Å². The number of hydrogen-bond acceptors (Lipinski definition) is 6. The van der Waals surface area contributed by atoms with Crippen LogP contribution in [0.15, 0.2) is 42.5 Å². The number of imide groups is 1. The summed E-state index contributed by atoms with van der Waals surface area (Å²) < 4.78 is 31.1. The number of anilines is 1. The lowest BCUT2D eigenvalue weighted by Crippen LogP contribution is -2.43. The summed E-state index contributed by atoms with van der Waals surface area (Å²) in [5, 5.41) is 2.77. The second-order valence-electron chi connectivity index (χ2n) is 8.30. The molecule has 180 valence electrons. The summed E-state index contributed by atoms with van der Waals surface area (Å²) in [6.07, 6.45) is 0.810. The van der Waals surface area contributed by atoms with Crippen molar-refractivity contribution in [2.45, 2.75) is 32.2 Å². The number of nitrogens with one attached hydrogen (secondary N) is 1. The monoisotopic (exact) mass is 485 g/mol. The molecule has 0 aromatic heterocycles. The van der Waals surface area contributed by atoms with Crippen LogP contribution in [0.2, 0.25) is 0 Å². The van der Waals surface area contributed by atoms with Crippen LogP contribution in [0.3, 0.4) is 0 Å². The molecule has 2 heterocycles. The van der Waals surface area contributed by atoms with Gasteiger partial charge in [-0.15, -0.1) is 0 Å². The molecule has 34 heavy (non-hydrogen) atoms. The molecule has 2 aromatic carbocycles. The number of carbonyl (C=O) groups is 3. The molecule has 2 aliphatic rings. The maximum absolute atomic E-state index is 13.4. The Morgan fingerprint density at radius 2 is 1.82 bits per heavy atom. The molecule has 2 aliphatic heterocycles. The average molecular weight is 486 g/mol. The van der Waals surface area contributed by atoms with E-state index in [1.807, 2.05) is 0 Å². The Morgan fingerprint density at radius 1 is 1.12 bits per heavy atom. The molecule has 1 N–H and O–H groups in total. The minimum atomic E-state index is -3.39. The molecule has 0 aliphatic carbocycles. The lowest BCUT2D eigenvalue weighted by atomic mass is 9.87. The summed E-state index contributed by atoms with van der Waals surface area (Å²) in [7, 11) is -1.85. The summed E-state index contributed by atoms with van der Waals surface area (Å²) in [6, 6.07) is 11.1. The largest absolute Gasteiger partial charge is 0.497 e. The van der Waals surface area contributed by atoms with Crippen molar-refractivity contribution in [3.63, 3.8) is 0 Å². The Bertz CT molecular complexity index is 1260. The molecule has 0 bridgehead atoms. The zero-order valence-corrected chi connectivity index (χ0v) is 20.1. The molecule has 10 heteroatoms. The number of ketones is 1. The van der Waals surface area contributed by atoms with Crippen molar-refractivity contribution in [1.82, 2.24) is 10.2 Å². The van der Waals surface area contributed by atoms with Gasteiger partial charge in [-0.2, -0.15) is 0 Å². The molecule has 0 radical (unpaired) electrons. The first-order chi connectivity index (χ1) is 16.2. The van der Waals surface area contributed by atoms with E-state index in [0.717, 1.165) is 10.5 Å². The standard InChI is InChI=1S/C24H27N3O6S/c1-4-24(18-7-9-19(33-3)10-8-18)22(29)26(23(30)25-24)15-21(28)17-6-11-20-16(14-17)12-13-27(20)34(31,32)5-2/h6-11,14H,4-5,12-13,15H2,1-3H3,(H,25,30)/t24-/m1/s1. The number of sulfonamides is 1. The highest BCUT2D eigenvalue weighted by atomic mass is 32.2. The van der Waals surface area contributed by atoms with Crippen LogP contribution in [0.25, 0.3) is 0 Å². The normalized spacial score (nSPS) is 19.9. The first-order valence-electron chi connectivity index (χ1n) is 11.1. The summed E-state index contributed by atoms with van der Waals surface area (Å²) in [5.41, 5.74) is 1.00. The molecule has 0 spiro atoms. The summed E-state index contributed by atoms with van der Waals surface area (Å²) in [5.74, 6) is -0.266. The van der Waals surface area contributed by atoms with Gasteiger partial charge in [0, 0.05) is 12.1 Å². The van der Waals surface area contributed by atoms with Crippen molar-refractivity contribution < 1.29 is 27.5 Å². The maximum atomic E-state index is 13.4. The van der Waals surface area contributed by atoms with Crippen LogP contribution >= 0.6 is 0 Å². The smallest absolute Gasteiger partial charge is 0.325 e. The molecule has 1 fully saturated rings. The summed E-state index contributed by atoms with van der Waals surface area (Å²) in [6.45, 7) is 3.31. The minimum Gasteiger partial charge on any atom is -0.497 e. The second-order valence-corrected chi connectivity index (χ2v) is 10.5. The van der Waals surface area contributed by atoms with Gasteiger partial charge < -0.3 is 10.1 Å². The van der Waals surface area contributed by atoms with Crippen LogP contribution in [0, 0.1) is 0 Å². The molecule has 4 rings (SSSR count). The first kappa shape index (κ1) is 23.7. The fourth-order valence-electron chi connectivity index (χ4n) is 4.51. The molecule has 0 saturated carbocycles. The average Bonchev–Trinajstić information content (AvgIpc) is 3.39. The molecule has 3 amide bonds.